The van der Waals surface area contributed by atoms with Gasteiger partial charge in [0.2, 0.25) is 5.91 Å². The lowest BCUT2D eigenvalue weighted by molar-refractivity contribution is -0.121. The van der Waals surface area contributed by atoms with Gasteiger partial charge in [0, 0.05) is 29.3 Å². The molecule has 3 aromatic heterocycles. The summed E-state index contributed by atoms with van der Waals surface area (Å²) in [6.45, 7) is 6.22. The summed E-state index contributed by atoms with van der Waals surface area (Å²) in [5.74, 6) is 0.699. The molecule has 0 fully saturated rings. The maximum Gasteiger partial charge on any atom is 0.225 e. The molecule has 6 nitrogen and oxygen atoms in total. The molecule has 6 heteroatoms. The van der Waals surface area contributed by atoms with Crippen molar-refractivity contribution in [3.8, 4) is 0 Å². The highest BCUT2D eigenvalue weighted by atomic mass is 16.1. The van der Waals surface area contributed by atoms with E-state index in [1.807, 2.05) is 47.9 Å². The largest absolute Gasteiger partial charge is 0.346 e. The van der Waals surface area contributed by atoms with Crippen LogP contribution in [0.4, 0.5) is 0 Å². The molecular weight excluding hydrogens is 338 g/mol. The summed E-state index contributed by atoms with van der Waals surface area (Å²) in [5.41, 5.74) is 2.97. The van der Waals surface area contributed by atoms with Crippen molar-refractivity contribution in [2.75, 3.05) is 0 Å². The van der Waals surface area contributed by atoms with Gasteiger partial charge in [-0.1, -0.05) is 24.3 Å². The van der Waals surface area contributed by atoms with E-state index in [0.29, 0.717) is 12.5 Å². The zero-order chi connectivity index (χ0) is 19.0. The third kappa shape index (κ3) is 3.18. The second kappa shape index (κ2) is 6.87. The fraction of sp³-hybridized carbons (Fsp3) is 0.286. The molecule has 0 spiro atoms. The van der Waals surface area contributed by atoms with Crippen LogP contribution in [0.5, 0.6) is 0 Å². The summed E-state index contributed by atoms with van der Waals surface area (Å²) in [6.07, 6.45) is 4.33. The second-order valence-electron chi connectivity index (χ2n) is 7.13. The molecule has 1 N–H and O–H groups in total. The van der Waals surface area contributed by atoms with Gasteiger partial charge in [-0.25, -0.2) is 0 Å². The lowest BCUT2D eigenvalue weighted by Gasteiger charge is -2.12. The number of hydrogen-bond acceptors (Lipinski definition) is 3. The molecule has 27 heavy (non-hydrogen) atoms. The number of para-hydroxylation sites is 1. The first-order chi connectivity index (χ1) is 13.0. The highest BCUT2D eigenvalue weighted by Gasteiger charge is 2.18. The number of nitrogens with zero attached hydrogens (tertiary/aromatic N) is 4. The topological polar surface area (TPSA) is 64.2 Å². The second-order valence-corrected chi connectivity index (χ2v) is 7.13. The minimum atomic E-state index is -0.228. The maximum absolute atomic E-state index is 12.7. The molecule has 1 amide bonds. The van der Waals surface area contributed by atoms with Crippen LogP contribution in [0.1, 0.15) is 44.2 Å². The Bertz CT molecular complexity index is 1110. The van der Waals surface area contributed by atoms with Gasteiger partial charge in [-0.15, -0.1) is 10.2 Å². The number of rotatable bonds is 5. The fourth-order valence-corrected chi connectivity index (χ4v) is 3.53. The van der Waals surface area contributed by atoms with Crippen molar-refractivity contribution in [3.05, 3.63) is 66.2 Å². The van der Waals surface area contributed by atoms with E-state index >= 15 is 0 Å². The zero-order valence-electron chi connectivity index (χ0n) is 15.8. The molecule has 0 aliphatic carbocycles. The predicted molar refractivity (Wildman–Crippen MR) is 106 cm³/mol. The van der Waals surface area contributed by atoms with Gasteiger partial charge in [-0.3, -0.25) is 9.20 Å². The number of hydrogen-bond donors (Lipinski definition) is 1. The van der Waals surface area contributed by atoms with Crippen LogP contribution >= 0.6 is 0 Å². The van der Waals surface area contributed by atoms with Crippen LogP contribution in [0, 0.1) is 0 Å². The van der Waals surface area contributed by atoms with E-state index in [4.69, 9.17) is 0 Å². The fourth-order valence-electron chi connectivity index (χ4n) is 3.53. The molecule has 0 bridgehead atoms. The standard InChI is InChI=1S/C21H23N5O/c1-14(2)26-13-16(17-8-4-5-9-18(17)26)12-20(27)22-15(3)21-24-23-19-10-6-7-11-25(19)21/h4-11,13-15H,12H2,1-3H3,(H,22,27). The van der Waals surface area contributed by atoms with Gasteiger partial charge < -0.3 is 9.88 Å². The minimum Gasteiger partial charge on any atom is -0.346 e. The Morgan fingerprint density at radius 1 is 1.07 bits per heavy atom. The first-order valence-electron chi connectivity index (χ1n) is 9.22. The number of pyridine rings is 1. The Labute approximate surface area is 157 Å². The molecule has 0 radical (unpaired) electrons. The molecule has 1 unspecified atom stereocenters. The third-order valence-electron chi connectivity index (χ3n) is 4.84. The van der Waals surface area contributed by atoms with Crippen LogP contribution in [0.2, 0.25) is 0 Å². The van der Waals surface area contributed by atoms with Crippen LogP contribution in [0.25, 0.3) is 16.6 Å². The van der Waals surface area contributed by atoms with Crippen molar-refractivity contribution in [3.63, 3.8) is 0 Å². The lowest BCUT2D eigenvalue weighted by atomic mass is 10.1. The Hall–Kier alpha value is -3.15. The van der Waals surface area contributed by atoms with Gasteiger partial charge in [-0.2, -0.15) is 0 Å². The molecule has 1 atom stereocenters. The number of carbonyl (C=O) groups is 1. The molecule has 0 saturated heterocycles. The van der Waals surface area contributed by atoms with Crippen molar-refractivity contribution < 1.29 is 4.79 Å². The monoisotopic (exact) mass is 361 g/mol. The van der Waals surface area contributed by atoms with E-state index in [9.17, 15) is 4.79 Å². The van der Waals surface area contributed by atoms with Gasteiger partial charge in [0.25, 0.3) is 0 Å². The average Bonchev–Trinajstić information content (AvgIpc) is 3.24. The van der Waals surface area contributed by atoms with E-state index in [-0.39, 0.29) is 11.9 Å². The zero-order valence-corrected chi connectivity index (χ0v) is 15.8. The Kier molecular flexibility index (Phi) is 4.39. The van der Waals surface area contributed by atoms with E-state index in [2.05, 4.69) is 52.3 Å². The van der Waals surface area contributed by atoms with E-state index < -0.39 is 0 Å². The normalized spacial score (nSPS) is 12.7. The summed E-state index contributed by atoms with van der Waals surface area (Å²) < 4.78 is 4.11. The summed E-state index contributed by atoms with van der Waals surface area (Å²) >= 11 is 0. The molecule has 4 aromatic rings. The Balaban J connectivity index is 1.55. The Morgan fingerprint density at radius 3 is 2.67 bits per heavy atom. The van der Waals surface area contributed by atoms with Gasteiger partial charge in [0.1, 0.15) is 0 Å². The first kappa shape index (κ1) is 17.3. The highest BCUT2D eigenvalue weighted by Crippen LogP contribution is 2.25. The van der Waals surface area contributed by atoms with Crippen LogP contribution in [0.3, 0.4) is 0 Å². The number of benzene rings is 1. The maximum atomic E-state index is 12.7. The first-order valence-corrected chi connectivity index (χ1v) is 9.22. The molecule has 0 saturated carbocycles. The van der Waals surface area contributed by atoms with E-state index in [1.54, 1.807) is 0 Å². The van der Waals surface area contributed by atoms with Gasteiger partial charge in [-0.05, 0) is 44.5 Å². The van der Waals surface area contributed by atoms with Crippen molar-refractivity contribution >= 4 is 22.5 Å². The molecule has 1 aromatic carbocycles. The number of fused-ring (bicyclic) bond motifs is 2. The van der Waals surface area contributed by atoms with Crippen molar-refractivity contribution in [1.29, 1.82) is 0 Å². The van der Waals surface area contributed by atoms with E-state index in [1.165, 1.54) is 0 Å². The number of carbonyl (C=O) groups excluding carboxylic acids is 1. The van der Waals surface area contributed by atoms with Gasteiger partial charge in [0.05, 0.1) is 12.5 Å². The van der Waals surface area contributed by atoms with Crippen molar-refractivity contribution in [2.24, 2.45) is 0 Å². The SMILES string of the molecule is CC(NC(=O)Cc1cn(C(C)C)c2ccccc12)c1nnc2ccccn12. The Morgan fingerprint density at radius 2 is 1.85 bits per heavy atom. The molecule has 138 valence electrons. The average molecular weight is 361 g/mol. The molecule has 4 rings (SSSR count). The smallest absolute Gasteiger partial charge is 0.225 e. The van der Waals surface area contributed by atoms with Crippen LogP contribution < -0.4 is 5.32 Å². The quantitative estimate of drug-likeness (QED) is 0.590. The van der Waals surface area contributed by atoms with Gasteiger partial charge >= 0.3 is 0 Å². The summed E-state index contributed by atoms with van der Waals surface area (Å²) in [6, 6.07) is 14.1. The number of nitrogens with one attached hydrogen (secondary N) is 1. The van der Waals surface area contributed by atoms with Crippen molar-refractivity contribution in [1.82, 2.24) is 24.5 Å². The van der Waals surface area contributed by atoms with E-state index in [0.717, 1.165) is 27.9 Å². The third-order valence-corrected chi connectivity index (χ3v) is 4.84. The summed E-state index contributed by atoms with van der Waals surface area (Å²) in [4.78, 5) is 12.7. The van der Waals surface area contributed by atoms with Gasteiger partial charge in [0.15, 0.2) is 11.5 Å². The molecular formula is C21H23N5O. The molecule has 0 aliphatic heterocycles. The highest BCUT2D eigenvalue weighted by molar-refractivity contribution is 5.89. The van der Waals surface area contributed by atoms with Crippen molar-refractivity contribution in [2.45, 2.75) is 39.3 Å². The van der Waals surface area contributed by atoms with Crippen LogP contribution in [-0.2, 0) is 11.2 Å². The lowest BCUT2D eigenvalue weighted by Crippen LogP contribution is -2.29. The molecule has 3 heterocycles. The predicted octanol–water partition coefficient (Wildman–Crippen LogP) is 3.68. The molecule has 0 aliphatic rings. The van der Waals surface area contributed by atoms with Crippen LogP contribution in [-0.4, -0.2) is 25.1 Å². The number of amides is 1. The van der Waals surface area contributed by atoms with Crippen LogP contribution in [0.15, 0.2) is 54.9 Å². The summed E-state index contributed by atoms with van der Waals surface area (Å²) in [7, 11) is 0. The minimum absolute atomic E-state index is 0.0261. The summed E-state index contributed by atoms with van der Waals surface area (Å²) in [5, 5.41) is 12.6. The number of aromatic nitrogens is 4.